The van der Waals surface area contributed by atoms with Gasteiger partial charge in [-0.15, -0.1) is 0 Å². The van der Waals surface area contributed by atoms with Gasteiger partial charge in [0.05, 0.1) is 11.2 Å². The average Bonchev–Trinajstić information content (AvgIpc) is 2.86. The highest BCUT2D eigenvalue weighted by Crippen LogP contribution is 2.29. The summed E-state index contributed by atoms with van der Waals surface area (Å²) in [6.45, 7) is 2.03. The number of hydrogen-bond donors (Lipinski definition) is 1. The van der Waals surface area contributed by atoms with E-state index in [1.807, 2.05) is 31.2 Å². The van der Waals surface area contributed by atoms with Gasteiger partial charge < -0.3 is 0 Å². The average molecular weight is 363 g/mol. The number of halogens is 2. The van der Waals surface area contributed by atoms with Crippen molar-refractivity contribution >= 4 is 41.6 Å². The standard InChI is InChI=1S/C16H12Cl2N4S/c1-10-3-2-4-11(7-10)9-19-22-15(20-21-16(22)23)13-6-5-12(17)8-14(13)18/h2-9H,1H3,(H,21,23)/b19-9-. The molecule has 0 bridgehead atoms. The number of nitrogens with zero attached hydrogens (tertiary/aromatic N) is 3. The summed E-state index contributed by atoms with van der Waals surface area (Å²) in [5, 5.41) is 12.4. The fourth-order valence-electron chi connectivity index (χ4n) is 2.12. The Hall–Kier alpha value is -1.95. The maximum absolute atomic E-state index is 6.25. The fourth-order valence-corrected chi connectivity index (χ4v) is 2.79. The smallest absolute Gasteiger partial charge is 0.216 e. The predicted octanol–water partition coefficient (Wildman–Crippen LogP) is 5.11. The van der Waals surface area contributed by atoms with E-state index in [0.29, 0.717) is 26.2 Å². The molecule has 3 rings (SSSR count). The van der Waals surface area contributed by atoms with Crippen LogP contribution in [0.25, 0.3) is 11.4 Å². The van der Waals surface area contributed by atoms with E-state index in [0.717, 1.165) is 11.1 Å². The Morgan fingerprint density at radius 1 is 1.22 bits per heavy atom. The van der Waals surface area contributed by atoms with E-state index in [-0.39, 0.29) is 0 Å². The molecule has 0 atom stereocenters. The zero-order chi connectivity index (χ0) is 16.4. The summed E-state index contributed by atoms with van der Waals surface area (Å²) in [4.78, 5) is 0. The molecule has 1 aromatic heterocycles. The minimum atomic E-state index is 0.384. The van der Waals surface area contributed by atoms with Crippen LogP contribution in [0.2, 0.25) is 10.0 Å². The van der Waals surface area contributed by atoms with E-state index < -0.39 is 0 Å². The molecule has 1 N–H and O–H groups in total. The van der Waals surface area contributed by atoms with Gasteiger partial charge in [0.25, 0.3) is 0 Å². The van der Waals surface area contributed by atoms with Crippen LogP contribution in [-0.2, 0) is 0 Å². The minimum absolute atomic E-state index is 0.384. The fraction of sp³-hybridized carbons (Fsp3) is 0.0625. The zero-order valence-electron chi connectivity index (χ0n) is 12.1. The number of aromatic nitrogens is 3. The van der Waals surface area contributed by atoms with Crippen molar-refractivity contribution in [2.75, 3.05) is 0 Å². The maximum Gasteiger partial charge on any atom is 0.216 e. The Kier molecular flexibility index (Phi) is 4.61. The normalized spacial score (nSPS) is 11.3. The van der Waals surface area contributed by atoms with E-state index >= 15 is 0 Å². The number of aromatic amines is 1. The molecule has 1 heterocycles. The van der Waals surface area contributed by atoms with E-state index in [4.69, 9.17) is 35.4 Å². The third-order valence-corrected chi connectivity index (χ3v) is 4.00. The monoisotopic (exact) mass is 362 g/mol. The van der Waals surface area contributed by atoms with Crippen molar-refractivity contribution in [2.45, 2.75) is 6.92 Å². The summed E-state index contributed by atoms with van der Waals surface area (Å²) in [7, 11) is 0. The van der Waals surface area contributed by atoms with Crippen LogP contribution in [-0.4, -0.2) is 21.1 Å². The second-order valence-corrected chi connectivity index (χ2v) is 6.18. The van der Waals surface area contributed by atoms with Crippen LogP contribution in [0, 0.1) is 11.7 Å². The minimum Gasteiger partial charge on any atom is -0.250 e. The molecule has 0 unspecified atom stereocenters. The molecular weight excluding hydrogens is 351 g/mol. The lowest BCUT2D eigenvalue weighted by Gasteiger charge is -2.04. The van der Waals surface area contributed by atoms with Crippen molar-refractivity contribution in [3.63, 3.8) is 0 Å². The number of hydrogen-bond acceptors (Lipinski definition) is 3. The molecule has 0 aliphatic rings. The van der Waals surface area contributed by atoms with Gasteiger partial charge in [0, 0.05) is 10.6 Å². The van der Waals surface area contributed by atoms with Crippen LogP contribution in [0.1, 0.15) is 11.1 Å². The van der Waals surface area contributed by atoms with E-state index in [9.17, 15) is 0 Å². The lowest BCUT2D eigenvalue weighted by Crippen LogP contribution is -1.95. The maximum atomic E-state index is 6.25. The summed E-state index contributed by atoms with van der Waals surface area (Å²) >= 11 is 17.4. The first kappa shape index (κ1) is 15.9. The molecule has 0 saturated heterocycles. The zero-order valence-corrected chi connectivity index (χ0v) is 14.5. The quantitative estimate of drug-likeness (QED) is 0.520. The third-order valence-electron chi connectivity index (χ3n) is 3.19. The van der Waals surface area contributed by atoms with Gasteiger partial charge in [-0.1, -0.05) is 53.0 Å². The van der Waals surface area contributed by atoms with Crippen molar-refractivity contribution in [3.05, 3.63) is 68.4 Å². The molecule has 0 radical (unpaired) electrons. The number of H-pyrrole nitrogens is 1. The van der Waals surface area contributed by atoms with Gasteiger partial charge in [-0.05, 0) is 42.9 Å². The van der Waals surface area contributed by atoms with Crippen molar-refractivity contribution < 1.29 is 0 Å². The number of nitrogens with one attached hydrogen (secondary N) is 1. The lowest BCUT2D eigenvalue weighted by molar-refractivity contribution is 0.871. The van der Waals surface area contributed by atoms with Crippen LogP contribution >= 0.6 is 35.4 Å². The summed E-state index contributed by atoms with van der Waals surface area (Å²) in [6.07, 6.45) is 1.73. The highest BCUT2D eigenvalue weighted by atomic mass is 35.5. The molecule has 4 nitrogen and oxygen atoms in total. The Balaban J connectivity index is 2.04. The Bertz CT molecular complexity index is 943. The van der Waals surface area contributed by atoms with Crippen LogP contribution in [0.4, 0.5) is 0 Å². The SMILES string of the molecule is Cc1cccc(/C=N\n2c(-c3ccc(Cl)cc3Cl)n[nH]c2=S)c1. The molecule has 2 aromatic carbocycles. The highest BCUT2D eigenvalue weighted by molar-refractivity contribution is 7.71. The molecule has 0 fully saturated rings. The number of rotatable bonds is 3. The number of aryl methyl sites for hydroxylation is 1. The van der Waals surface area contributed by atoms with Gasteiger partial charge >= 0.3 is 0 Å². The van der Waals surface area contributed by atoms with Gasteiger partial charge in [-0.25, -0.2) is 5.10 Å². The molecule has 0 aliphatic heterocycles. The molecule has 0 aliphatic carbocycles. The van der Waals surface area contributed by atoms with Gasteiger partial charge in [0.1, 0.15) is 0 Å². The Morgan fingerprint density at radius 2 is 2.04 bits per heavy atom. The number of benzene rings is 2. The molecule has 0 amide bonds. The predicted molar refractivity (Wildman–Crippen MR) is 97.0 cm³/mol. The Labute approximate surface area is 148 Å². The molecule has 0 spiro atoms. The third kappa shape index (κ3) is 3.52. The van der Waals surface area contributed by atoms with Crippen LogP contribution in [0.15, 0.2) is 47.6 Å². The Morgan fingerprint density at radius 3 is 2.78 bits per heavy atom. The first-order valence-electron chi connectivity index (χ1n) is 6.78. The van der Waals surface area contributed by atoms with Crippen molar-refractivity contribution in [1.82, 2.24) is 14.9 Å². The second-order valence-electron chi connectivity index (χ2n) is 4.95. The second kappa shape index (κ2) is 6.66. The van der Waals surface area contributed by atoms with E-state index in [1.54, 1.807) is 24.4 Å². The first-order valence-corrected chi connectivity index (χ1v) is 7.95. The van der Waals surface area contributed by atoms with Crippen LogP contribution in [0.5, 0.6) is 0 Å². The lowest BCUT2D eigenvalue weighted by atomic mass is 10.2. The first-order chi connectivity index (χ1) is 11.0. The molecule has 23 heavy (non-hydrogen) atoms. The molecule has 7 heteroatoms. The van der Waals surface area contributed by atoms with E-state index in [2.05, 4.69) is 15.3 Å². The van der Waals surface area contributed by atoms with Crippen molar-refractivity contribution in [1.29, 1.82) is 0 Å². The van der Waals surface area contributed by atoms with Gasteiger partial charge in [-0.3, -0.25) is 0 Å². The van der Waals surface area contributed by atoms with E-state index in [1.165, 1.54) is 4.68 Å². The molecule has 0 saturated carbocycles. The van der Waals surface area contributed by atoms with Gasteiger partial charge in [-0.2, -0.15) is 14.9 Å². The van der Waals surface area contributed by atoms with Crippen molar-refractivity contribution in [3.8, 4) is 11.4 Å². The topological polar surface area (TPSA) is 46.0 Å². The molecule has 116 valence electrons. The summed E-state index contributed by atoms with van der Waals surface area (Å²) in [6, 6.07) is 13.2. The summed E-state index contributed by atoms with van der Waals surface area (Å²) in [5.74, 6) is 0.528. The van der Waals surface area contributed by atoms with Crippen LogP contribution < -0.4 is 0 Å². The largest absolute Gasteiger partial charge is 0.250 e. The molecule has 3 aromatic rings. The van der Waals surface area contributed by atoms with Crippen LogP contribution in [0.3, 0.4) is 0 Å². The summed E-state index contributed by atoms with van der Waals surface area (Å²) < 4.78 is 1.92. The highest BCUT2D eigenvalue weighted by Gasteiger charge is 2.12. The van der Waals surface area contributed by atoms with Crippen molar-refractivity contribution in [2.24, 2.45) is 5.10 Å². The summed E-state index contributed by atoms with van der Waals surface area (Å²) in [5.41, 5.74) is 2.83. The van der Waals surface area contributed by atoms with Gasteiger partial charge in [0.2, 0.25) is 4.77 Å². The van der Waals surface area contributed by atoms with Gasteiger partial charge in [0.15, 0.2) is 5.82 Å². The molecular formula is C16H12Cl2N4S.